The molecule has 4 nitrogen and oxygen atoms in total. The summed E-state index contributed by atoms with van der Waals surface area (Å²) in [7, 11) is 1.81. The standard InChI is InChI=1S/C23H21N3OS/c1-17-6-5-7-20(14-17)25(2)23(27)18-9-11-21(12-10-18)28-16-19-15-26-13-4-3-8-22(26)24-19/h3-15H,16H2,1-2H3. The summed E-state index contributed by atoms with van der Waals surface area (Å²) in [4.78, 5) is 20.2. The summed E-state index contributed by atoms with van der Waals surface area (Å²) >= 11 is 1.72. The zero-order chi connectivity index (χ0) is 19.5. The molecule has 0 radical (unpaired) electrons. The Bertz CT molecular complexity index is 1090. The third kappa shape index (κ3) is 3.94. The van der Waals surface area contributed by atoms with E-state index in [1.54, 1.807) is 16.7 Å². The Balaban J connectivity index is 1.42. The van der Waals surface area contributed by atoms with Crippen LogP contribution in [0.15, 0.2) is 84.0 Å². The number of anilines is 1. The van der Waals surface area contributed by atoms with Gasteiger partial charge in [-0.1, -0.05) is 18.2 Å². The molecule has 5 heteroatoms. The Labute approximate surface area is 168 Å². The zero-order valence-electron chi connectivity index (χ0n) is 15.9. The van der Waals surface area contributed by atoms with E-state index in [1.165, 1.54) is 0 Å². The Morgan fingerprint density at radius 1 is 1.07 bits per heavy atom. The van der Waals surface area contributed by atoms with E-state index >= 15 is 0 Å². The van der Waals surface area contributed by atoms with Crippen molar-refractivity contribution in [2.24, 2.45) is 0 Å². The van der Waals surface area contributed by atoms with Gasteiger partial charge < -0.3 is 9.30 Å². The molecule has 0 unspecified atom stereocenters. The van der Waals surface area contributed by atoms with Crippen LogP contribution in [0.1, 0.15) is 21.6 Å². The van der Waals surface area contributed by atoms with Crippen LogP contribution in [0.3, 0.4) is 0 Å². The molecule has 4 rings (SSSR count). The van der Waals surface area contributed by atoms with Crippen LogP contribution in [0.25, 0.3) is 5.65 Å². The van der Waals surface area contributed by atoms with Gasteiger partial charge in [0.15, 0.2) is 0 Å². The van der Waals surface area contributed by atoms with Gasteiger partial charge in [-0.2, -0.15) is 0 Å². The number of aryl methyl sites for hydroxylation is 1. The lowest BCUT2D eigenvalue weighted by atomic mass is 10.1. The molecular formula is C23H21N3OS. The molecule has 0 atom stereocenters. The molecule has 0 spiro atoms. The maximum Gasteiger partial charge on any atom is 0.258 e. The number of pyridine rings is 1. The van der Waals surface area contributed by atoms with Gasteiger partial charge in [0.2, 0.25) is 0 Å². The number of hydrogen-bond donors (Lipinski definition) is 0. The Kier molecular flexibility index (Phi) is 5.17. The number of imidazole rings is 1. The number of aromatic nitrogens is 2. The van der Waals surface area contributed by atoms with Crippen molar-refractivity contribution in [2.75, 3.05) is 11.9 Å². The number of carbonyl (C=O) groups excluding carboxylic acids is 1. The summed E-state index contributed by atoms with van der Waals surface area (Å²) < 4.78 is 2.03. The molecule has 4 aromatic rings. The molecule has 0 aliphatic heterocycles. The molecule has 0 aliphatic carbocycles. The summed E-state index contributed by atoms with van der Waals surface area (Å²) in [5.41, 5.74) is 4.71. The Hall–Kier alpha value is -3.05. The van der Waals surface area contributed by atoms with Gasteiger partial charge >= 0.3 is 0 Å². The quantitative estimate of drug-likeness (QED) is 0.441. The van der Waals surface area contributed by atoms with Crippen LogP contribution in [0, 0.1) is 6.92 Å². The maximum absolute atomic E-state index is 12.8. The molecular weight excluding hydrogens is 366 g/mol. The Morgan fingerprint density at radius 2 is 1.89 bits per heavy atom. The van der Waals surface area contributed by atoms with Crippen LogP contribution in [0.4, 0.5) is 5.69 Å². The van der Waals surface area contributed by atoms with Crippen molar-refractivity contribution < 1.29 is 4.79 Å². The fourth-order valence-corrected chi connectivity index (χ4v) is 3.84. The van der Waals surface area contributed by atoms with Crippen molar-refractivity contribution in [1.29, 1.82) is 0 Å². The van der Waals surface area contributed by atoms with Crippen molar-refractivity contribution in [2.45, 2.75) is 17.6 Å². The molecule has 1 amide bonds. The highest BCUT2D eigenvalue weighted by molar-refractivity contribution is 7.98. The topological polar surface area (TPSA) is 37.6 Å². The van der Waals surface area contributed by atoms with Gasteiger partial charge in [-0.05, 0) is 61.0 Å². The van der Waals surface area contributed by atoms with Gasteiger partial charge in [0, 0.05) is 41.3 Å². The van der Waals surface area contributed by atoms with E-state index in [0.717, 1.165) is 33.2 Å². The van der Waals surface area contributed by atoms with E-state index in [4.69, 9.17) is 0 Å². The summed E-state index contributed by atoms with van der Waals surface area (Å²) in [6, 6.07) is 21.7. The number of amides is 1. The van der Waals surface area contributed by atoms with Crippen molar-refractivity contribution in [3.63, 3.8) is 0 Å². The Morgan fingerprint density at radius 3 is 2.64 bits per heavy atom. The first-order valence-electron chi connectivity index (χ1n) is 9.10. The van der Waals surface area contributed by atoms with Crippen molar-refractivity contribution in [3.8, 4) is 0 Å². The molecule has 28 heavy (non-hydrogen) atoms. The lowest BCUT2D eigenvalue weighted by molar-refractivity contribution is 0.0993. The molecule has 2 aromatic heterocycles. The molecule has 0 saturated heterocycles. The van der Waals surface area contributed by atoms with Gasteiger partial charge in [0.25, 0.3) is 5.91 Å². The third-order valence-corrected chi connectivity index (χ3v) is 5.64. The molecule has 0 aliphatic rings. The maximum atomic E-state index is 12.8. The first-order valence-corrected chi connectivity index (χ1v) is 10.1. The average molecular weight is 388 g/mol. The molecule has 0 fully saturated rings. The van der Waals surface area contributed by atoms with Crippen LogP contribution in [-0.4, -0.2) is 22.3 Å². The van der Waals surface area contributed by atoms with Gasteiger partial charge in [0.05, 0.1) is 5.69 Å². The fraction of sp³-hybridized carbons (Fsp3) is 0.130. The van der Waals surface area contributed by atoms with Gasteiger partial charge in [-0.3, -0.25) is 4.79 Å². The molecule has 2 aromatic carbocycles. The molecule has 0 N–H and O–H groups in total. The predicted octanol–water partition coefficient (Wildman–Crippen LogP) is 5.21. The van der Waals surface area contributed by atoms with Crippen LogP contribution in [-0.2, 0) is 5.75 Å². The summed E-state index contributed by atoms with van der Waals surface area (Å²) in [5, 5.41) is 0. The predicted molar refractivity (Wildman–Crippen MR) is 115 cm³/mol. The minimum atomic E-state index is -0.0116. The number of hydrogen-bond acceptors (Lipinski definition) is 3. The van der Waals surface area contributed by atoms with Crippen molar-refractivity contribution in [1.82, 2.24) is 9.38 Å². The van der Waals surface area contributed by atoms with Crippen molar-refractivity contribution in [3.05, 3.63) is 95.9 Å². The lowest BCUT2D eigenvalue weighted by Crippen LogP contribution is -2.26. The highest BCUT2D eigenvalue weighted by Gasteiger charge is 2.13. The highest BCUT2D eigenvalue weighted by Crippen LogP contribution is 2.24. The van der Waals surface area contributed by atoms with E-state index in [1.807, 2.05) is 91.3 Å². The van der Waals surface area contributed by atoms with Crippen LogP contribution < -0.4 is 4.90 Å². The van der Waals surface area contributed by atoms with E-state index in [-0.39, 0.29) is 5.91 Å². The molecule has 2 heterocycles. The number of carbonyl (C=O) groups is 1. The molecule has 0 saturated carbocycles. The monoisotopic (exact) mass is 387 g/mol. The van der Waals surface area contributed by atoms with E-state index in [0.29, 0.717) is 5.56 Å². The second-order valence-corrected chi connectivity index (χ2v) is 7.76. The van der Waals surface area contributed by atoms with Crippen LogP contribution >= 0.6 is 11.8 Å². The SMILES string of the molecule is Cc1cccc(N(C)C(=O)c2ccc(SCc3cn4ccccc4n3)cc2)c1. The van der Waals surface area contributed by atoms with Crippen LogP contribution in [0.5, 0.6) is 0 Å². The minimum Gasteiger partial charge on any atom is -0.311 e. The average Bonchev–Trinajstić information content (AvgIpc) is 3.14. The van der Waals surface area contributed by atoms with Crippen LogP contribution in [0.2, 0.25) is 0 Å². The van der Waals surface area contributed by atoms with E-state index in [9.17, 15) is 4.79 Å². The first-order chi connectivity index (χ1) is 13.6. The second kappa shape index (κ2) is 7.90. The number of thioether (sulfide) groups is 1. The second-order valence-electron chi connectivity index (χ2n) is 6.71. The van der Waals surface area contributed by atoms with Gasteiger partial charge in [0.1, 0.15) is 5.65 Å². The van der Waals surface area contributed by atoms with Gasteiger partial charge in [-0.25, -0.2) is 4.98 Å². The fourth-order valence-electron chi connectivity index (χ4n) is 3.06. The molecule has 0 bridgehead atoms. The smallest absolute Gasteiger partial charge is 0.258 e. The number of fused-ring (bicyclic) bond motifs is 1. The number of nitrogens with zero attached hydrogens (tertiary/aromatic N) is 3. The summed E-state index contributed by atoms with van der Waals surface area (Å²) in [6.45, 7) is 2.02. The van der Waals surface area contributed by atoms with Gasteiger partial charge in [-0.15, -0.1) is 11.8 Å². The first kappa shape index (κ1) is 18.3. The normalized spacial score (nSPS) is 10.9. The van der Waals surface area contributed by atoms with Crippen molar-refractivity contribution >= 4 is 29.0 Å². The number of benzene rings is 2. The van der Waals surface area contributed by atoms with E-state index < -0.39 is 0 Å². The molecule has 140 valence electrons. The largest absolute Gasteiger partial charge is 0.311 e. The number of rotatable bonds is 5. The zero-order valence-corrected chi connectivity index (χ0v) is 16.7. The third-order valence-electron chi connectivity index (χ3n) is 4.60. The lowest BCUT2D eigenvalue weighted by Gasteiger charge is -2.18. The summed E-state index contributed by atoms with van der Waals surface area (Å²) in [6.07, 6.45) is 4.05. The minimum absolute atomic E-state index is 0.0116. The summed E-state index contributed by atoms with van der Waals surface area (Å²) in [5.74, 6) is 0.778. The van der Waals surface area contributed by atoms with E-state index in [2.05, 4.69) is 11.2 Å². The highest BCUT2D eigenvalue weighted by atomic mass is 32.2.